The topological polar surface area (TPSA) is 51.8 Å². The molecule has 1 fully saturated rings. The highest BCUT2D eigenvalue weighted by molar-refractivity contribution is 5.65. The molecule has 0 atom stereocenters. The average Bonchev–Trinajstić information content (AvgIpc) is 3.13. The van der Waals surface area contributed by atoms with E-state index in [2.05, 4.69) is 9.97 Å². The van der Waals surface area contributed by atoms with Gasteiger partial charge in [0.2, 0.25) is 0 Å². The van der Waals surface area contributed by atoms with Crippen LogP contribution >= 0.6 is 0 Å². The molecule has 0 saturated heterocycles. The summed E-state index contributed by atoms with van der Waals surface area (Å²) >= 11 is 0. The molecule has 1 aliphatic rings. The number of nitrogens with two attached hydrogens (primary N) is 1. The molecule has 2 aromatic rings. The lowest BCUT2D eigenvalue weighted by atomic mass is 10.1. The van der Waals surface area contributed by atoms with Gasteiger partial charge in [0, 0.05) is 29.6 Å². The van der Waals surface area contributed by atoms with Crippen molar-refractivity contribution >= 4 is 5.69 Å². The molecule has 2 N–H and O–H groups in total. The number of benzene rings is 1. The Hall–Kier alpha value is -1.90. The largest absolute Gasteiger partial charge is 0.399 e. The van der Waals surface area contributed by atoms with E-state index in [1.807, 2.05) is 36.7 Å². The van der Waals surface area contributed by atoms with Crippen molar-refractivity contribution in [3.63, 3.8) is 0 Å². The van der Waals surface area contributed by atoms with Gasteiger partial charge in [-0.1, -0.05) is 12.1 Å². The van der Waals surface area contributed by atoms with E-state index in [-0.39, 0.29) is 0 Å². The van der Waals surface area contributed by atoms with Crippen molar-refractivity contribution in [2.24, 2.45) is 0 Å². The lowest BCUT2D eigenvalue weighted by Gasteiger charge is -2.03. The first-order chi connectivity index (χ1) is 7.83. The summed E-state index contributed by atoms with van der Waals surface area (Å²) in [6.45, 7) is 0. The smallest absolute Gasteiger partial charge is 0.131 e. The number of aromatic nitrogens is 2. The van der Waals surface area contributed by atoms with Gasteiger partial charge in [-0.15, -0.1) is 0 Å². The molecule has 0 bridgehead atoms. The number of rotatable bonds is 2. The molecule has 0 radical (unpaired) electrons. The summed E-state index contributed by atoms with van der Waals surface area (Å²) in [5.41, 5.74) is 8.61. The molecule has 1 aliphatic carbocycles. The lowest BCUT2D eigenvalue weighted by molar-refractivity contribution is 0.928. The maximum atomic E-state index is 5.74. The fraction of sp³-hybridized carbons (Fsp3) is 0.231. The van der Waals surface area contributed by atoms with Crippen LogP contribution in [0.1, 0.15) is 24.6 Å². The Kier molecular flexibility index (Phi) is 2.10. The summed E-state index contributed by atoms with van der Waals surface area (Å²) in [4.78, 5) is 8.79. The molecule has 1 aromatic heterocycles. The molecule has 80 valence electrons. The van der Waals surface area contributed by atoms with Crippen LogP contribution in [0.2, 0.25) is 0 Å². The Morgan fingerprint density at radius 1 is 1.06 bits per heavy atom. The summed E-state index contributed by atoms with van der Waals surface area (Å²) in [5.74, 6) is 1.59. The van der Waals surface area contributed by atoms with Crippen molar-refractivity contribution in [3.8, 4) is 11.1 Å². The standard InChI is InChI=1S/C13H13N3/c14-12-3-1-2-10(6-12)11-7-15-13(16-8-11)9-4-5-9/h1-3,6-9H,4-5,14H2. The summed E-state index contributed by atoms with van der Waals surface area (Å²) in [6.07, 6.45) is 6.24. The van der Waals surface area contributed by atoms with Crippen LogP contribution in [-0.2, 0) is 0 Å². The van der Waals surface area contributed by atoms with E-state index in [1.54, 1.807) is 0 Å². The molecule has 0 spiro atoms. The zero-order valence-corrected chi connectivity index (χ0v) is 8.93. The SMILES string of the molecule is Nc1cccc(-c2cnc(C3CC3)nc2)c1. The monoisotopic (exact) mass is 211 g/mol. The van der Waals surface area contributed by atoms with Crippen molar-refractivity contribution in [1.82, 2.24) is 9.97 Å². The quantitative estimate of drug-likeness (QED) is 0.777. The molecule has 16 heavy (non-hydrogen) atoms. The fourth-order valence-electron chi connectivity index (χ4n) is 1.76. The number of nitrogen functional groups attached to an aromatic ring is 1. The molecule has 1 aromatic carbocycles. The van der Waals surface area contributed by atoms with Gasteiger partial charge in [-0.3, -0.25) is 0 Å². The zero-order chi connectivity index (χ0) is 11.0. The number of hydrogen-bond acceptors (Lipinski definition) is 3. The summed E-state index contributed by atoms with van der Waals surface area (Å²) < 4.78 is 0. The van der Waals surface area contributed by atoms with Crippen LogP contribution in [0.3, 0.4) is 0 Å². The van der Waals surface area contributed by atoms with Gasteiger partial charge in [0.05, 0.1) is 0 Å². The second-order valence-electron chi connectivity index (χ2n) is 4.23. The highest BCUT2D eigenvalue weighted by Crippen LogP contribution is 2.37. The predicted octanol–water partition coefficient (Wildman–Crippen LogP) is 2.60. The Balaban J connectivity index is 1.94. The number of anilines is 1. The Bertz CT molecular complexity index is 501. The average molecular weight is 211 g/mol. The Morgan fingerprint density at radius 2 is 1.81 bits per heavy atom. The zero-order valence-electron chi connectivity index (χ0n) is 8.93. The van der Waals surface area contributed by atoms with Crippen molar-refractivity contribution < 1.29 is 0 Å². The van der Waals surface area contributed by atoms with E-state index in [1.165, 1.54) is 12.8 Å². The highest BCUT2D eigenvalue weighted by Gasteiger charge is 2.26. The van der Waals surface area contributed by atoms with Gasteiger partial charge in [0.15, 0.2) is 0 Å². The lowest BCUT2D eigenvalue weighted by Crippen LogP contribution is -1.92. The molecule has 3 heteroatoms. The van der Waals surface area contributed by atoms with Crippen LogP contribution in [0.5, 0.6) is 0 Å². The second kappa shape index (κ2) is 3.59. The van der Waals surface area contributed by atoms with Gasteiger partial charge in [0.1, 0.15) is 5.82 Å². The van der Waals surface area contributed by atoms with E-state index < -0.39 is 0 Å². The van der Waals surface area contributed by atoms with Gasteiger partial charge in [0.25, 0.3) is 0 Å². The van der Waals surface area contributed by atoms with Crippen molar-refractivity contribution in [3.05, 3.63) is 42.5 Å². The third kappa shape index (κ3) is 1.76. The van der Waals surface area contributed by atoms with Gasteiger partial charge in [-0.05, 0) is 30.5 Å². The van der Waals surface area contributed by atoms with Crippen molar-refractivity contribution in [2.75, 3.05) is 5.73 Å². The van der Waals surface area contributed by atoms with E-state index >= 15 is 0 Å². The highest BCUT2D eigenvalue weighted by atomic mass is 14.9. The molecule has 3 rings (SSSR count). The molecule has 3 nitrogen and oxygen atoms in total. The molecule has 0 unspecified atom stereocenters. The van der Waals surface area contributed by atoms with Crippen LogP contribution < -0.4 is 5.73 Å². The normalized spacial score (nSPS) is 15.0. The number of nitrogens with zero attached hydrogens (tertiary/aromatic N) is 2. The Morgan fingerprint density at radius 3 is 2.44 bits per heavy atom. The predicted molar refractivity (Wildman–Crippen MR) is 63.9 cm³/mol. The molecule has 0 amide bonds. The minimum Gasteiger partial charge on any atom is -0.399 e. The fourth-order valence-corrected chi connectivity index (χ4v) is 1.76. The minimum atomic E-state index is 0.606. The molecule has 1 saturated carbocycles. The van der Waals surface area contributed by atoms with E-state index in [0.29, 0.717) is 5.92 Å². The molecule has 1 heterocycles. The van der Waals surface area contributed by atoms with Crippen LogP contribution in [0, 0.1) is 0 Å². The van der Waals surface area contributed by atoms with E-state index in [9.17, 15) is 0 Å². The van der Waals surface area contributed by atoms with Crippen LogP contribution in [0.4, 0.5) is 5.69 Å². The third-order valence-electron chi connectivity index (χ3n) is 2.83. The maximum Gasteiger partial charge on any atom is 0.131 e. The van der Waals surface area contributed by atoms with Gasteiger partial charge < -0.3 is 5.73 Å². The molecular formula is C13H13N3. The second-order valence-corrected chi connectivity index (χ2v) is 4.23. The summed E-state index contributed by atoms with van der Waals surface area (Å²) in [5, 5.41) is 0. The van der Waals surface area contributed by atoms with E-state index in [4.69, 9.17) is 5.73 Å². The first kappa shape index (κ1) is 9.33. The summed E-state index contributed by atoms with van der Waals surface area (Å²) in [6, 6.07) is 7.78. The first-order valence-electron chi connectivity index (χ1n) is 5.51. The minimum absolute atomic E-state index is 0.606. The van der Waals surface area contributed by atoms with Crippen LogP contribution in [0.15, 0.2) is 36.7 Å². The molecule has 0 aliphatic heterocycles. The Labute approximate surface area is 94.4 Å². The van der Waals surface area contributed by atoms with Gasteiger partial charge in [-0.2, -0.15) is 0 Å². The third-order valence-corrected chi connectivity index (χ3v) is 2.83. The molecular weight excluding hydrogens is 198 g/mol. The first-order valence-corrected chi connectivity index (χ1v) is 5.51. The van der Waals surface area contributed by atoms with Crippen molar-refractivity contribution in [1.29, 1.82) is 0 Å². The van der Waals surface area contributed by atoms with Crippen molar-refractivity contribution in [2.45, 2.75) is 18.8 Å². The summed E-state index contributed by atoms with van der Waals surface area (Å²) in [7, 11) is 0. The van der Waals surface area contributed by atoms with Gasteiger partial charge >= 0.3 is 0 Å². The van der Waals surface area contributed by atoms with E-state index in [0.717, 1.165) is 22.6 Å². The number of hydrogen-bond donors (Lipinski definition) is 1. The van der Waals surface area contributed by atoms with Crippen LogP contribution in [-0.4, -0.2) is 9.97 Å². The maximum absolute atomic E-state index is 5.74. The van der Waals surface area contributed by atoms with Crippen LogP contribution in [0.25, 0.3) is 11.1 Å². The van der Waals surface area contributed by atoms with Gasteiger partial charge in [-0.25, -0.2) is 9.97 Å².